The van der Waals surface area contributed by atoms with Crippen molar-refractivity contribution in [1.29, 1.82) is 0 Å². The number of rotatable bonds is 8. The van der Waals surface area contributed by atoms with Gasteiger partial charge in [-0.05, 0) is 0 Å². The molecule has 0 rings (SSSR count). The van der Waals surface area contributed by atoms with Crippen molar-refractivity contribution in [1.82, 2.24) is 0 Å². The van der Waals surface area contributed by atoms with Gasteiger partial charge in [-0.25, -0.2) is 0 Å². The average Bonchev–Trinajstić information content (AvgIpc) is 2.21. The quantitative estimate of drug-likeness (QED) is 0.328. The van der Waals surface area contributed by atoms with Crippen LogP contribution in [0.2, 0.25) is 0 Å². The molecule has 0 N–H and O–H groups in total. The van der Waals surface area contributed by atoms with E-state index >= 15 is 0 Å². The standard InChI is InChI=1S/2C6H10N.Be/c2*1-3-5-7-6-4-2;/h2*3-4H,1-2,5-6H2;/q2*-1;+2. The van der Waals surface area contributed by atoms with Gasteiger partial charge in [0.2, 0.25) is 0 Å². The summed E-state index contributed by atoms with van der Waals surface area (Å²) < 4.78 is 0. The van der Waals surface area contributed by atoms with E-state index in [1.807, 2.05) is 0 Å². The molecular weight excluding hydrogens is 181 g/mol. The molecule has 0 unspecified atom stereocenters. The van der Waals surface area contributed by atoms with Crippen molar-refractivity contribution in [3.63, 3.8) is 0 Å². The van der Waals surface area contributed by atoms with Gasteiger partial charge >= 0.3 is 10.1 Å². The summed E-state index contributed by atoms with van der Waals surface area (Å²) in [4.78, 5) is 0. The second-order valence-corrected chi connectivity index (χ2v) is 2.33. The Labute approximate surface area is 98.1 Å². The molecule has 0 aromatic carbocycles. The van der Waals surface area contributed by atoms with Crippen molar-refractivity contribution in [3.8, 4) is 0 Å². The molecule has 0 radical (unpaired) electrons. The van der Waals surface area contributed by atoms with Crippen LogP contribution >= 0.6 is 0 Å². The van der Waals surface area contributed by atoms with E-state index in [1.165, 1.54) is 0 Å². The third kappa shape index (κ3) is 32.1. The minimum atomic E-state index is 0. The zero-order valence-corrected chi connectivity index (χ0v) is 9.57. The van der Waals surface area contributed by atoms with Crippen LogP contribution in [-0.2, 0) is 0 Å². The fourth-order valence-electron chi connectivity index (χ4n) is 0.514. The van der Waals surface area contributed by atoms with Crippen LogP contribution in [0.25, 0.3) is 10.6 Å². The molecule has 0 bridgehead atoms. The predicted molar refractivity (Wildman–Crippen MR) is 72.7 cm³/mol. The summed E-state index contributed by atoms with van der Waals surface area (Å²) in [6, 6.07) is 0. The molecular formula is C12H20BeN2. The molecule has 0 atom stereocenters. The third-order valence-corrected chi connectivity index (χ3v) is 1.03. The molecule has 0 aromatic heterocycles. The Hall–Kier alpha value is -0.951. The van der Waals surface area contributed by atoms with Crippen LogP contribution in [-0.4, -0.2) is 36.3 Å². The second-order valence-electron chi connectivity index (χ2n) is 2.33. The van der Waals surface area contributed by atoms with Crippen LogP contribution in [0.5, 0.6) is 0 Å². The Morgan fingerprint density at radius 3 is 0.933 bits per heavy atom. The molecule has 0 aliphatic rings. The Bertz CT molecular complexity index is 122. The van der Waals surface area contributed by atoms with Crippen molar-refractivity contribution in [3.05, 3.63) is 61.3 Å². The molecule has 0 aliphatic heterocycles. The Morgan fingerprint density at radius 2 is 0.800 bits per heavy atom. The SMILES string of the molecule is C=CC[N-]CC=C.C=CC[N-]CC=C.[Be+2]. The summed E-state index contributed by atoms with van der Waals surface area (Å²) in [5.74, 6) is 0. The number of nitrogens with zero attached hydrogens (tertiary/aromatic N) is 2. The molecule has 3 heteroatoms. The normalized spacial score (nSPS) is 7.47. The zero-order chi connectivity index (χ0) is 11.1. The van der Waals surface area contributed by atoms with Crippen molar-refractivity contribution in [2.75, 3.05) is 26.2 Å². The largest absolute Gasteiger partial charge is 2.00 e. The van der Waals surface area contributed by atoms with Gasteiger partial charge in [-0.1, -0.05) is 0 Å². The molecule has 0 saturated carbocycles. The molecule has 15 heavy (non-hydrogen) atoms. The van der Waals surface area contributed by atoms with Crippen molar-refractivity contribution < 1.29 is 0 Å². The zero-order valence-electron chi connectivity index (χ0n) is 9.57. The number of hydrogen-bond acceptors (Lipinski definition) is 0. The molecule has 0 amide bonds. The van der Waals surface area contributed by atoms with Crippen LogP contribution in [0.15, 0.2) is 50.6 Å². The average molecular weight is 201 g/mol. The first kappa shape index (κ1) is 19.6. The van der Waals surface area contributed by atoms with E-state index in [2.05, 4.69) is 36.9 Å². The van der Waals surface area contributed by atoms with Crippen molar-refractivity contribution in [2.45, 2.75) is 0 Å². The summed E-state index contributed by atoms with van der Waals surface area (Å²) in [6.07, 6.45) is 7.07. The molecule has 0 fully saturated rings. The van der Waals surface area contributed by atoms with Crippen molar-refractivity contribution in [2.24, 2.45) is 0 Å². The van der Waals surface area contributed by atoms with E-state index in [0.717, 1.165) is 26.2 Å². The molecule has 0 spiro atoms. The molecule has 80 valence electrons. The summed E-state index contributed by atoms with van der Waals surface area (Å²) in [5, 5.41) is 7.94. The van der Waals surface area contributed by atoms with Gasteiger partial charge in [-0.3, -0.25) is 0 Å². The first-order valence-corrected chi connectivity index (χ1v) is 4.53. The Kier molecular flexibility index (Phi) is 30.2. The van der Waals surface area contributed by atoms with Crippen LogP contribution in [0, 0.1) is 0 Å². The smallest absolute Gasteiger partial charge is 0.656 e. The minimum Gasteiger partial charge on any atom is -0.656 e. The van der Waals surface area contributed by atoms with Gasteiger partial charge in [0.15, 0.2) is 0 Å². The van der Waals surface area contributed by atoms with E-state index in [-0.39, 0.29) is 10.1 Å². The predicted octanol–water partition coefficient (Wildman–Crippen LogP) is 3.08. The van der Waals surface area contributed by atoms with Crippen LogP contribution in [0.3, 0.4) is 0 Å². The van der Waals surface area contributed by atoms with Gasteiger partial charge in [0.05, 0.1) is 0 Å². The van der Waals surface area contributed by atoms with Gasteiger partial charge in [-0.2, -0.15) is 0 Å². The Morgan fingerprint density at radius 1 is 0.600 bits per heavy atom. The molecule has 0 heterocycles. The monoisotopic (exact) mass is 201 g/mol. The Balaban J connectivity index is -0.000000180. The molecule has 0 aromatic rings. The fourth-order valence-corrected chi connectivity index (χ4v) is 0.514. The first-order valence-electron chi connectivity index (χ1n) is 4.53. The van der Waals surface area contributed by atoms with E-state index in [4.69, 9.17) is 0 Å². The maximum Gasteiger partial charge on any atom is 2.00 e. The minimum absolute atomic E-state index is 0. The van der Waals surface area contributed by atoms with E-state index < -0.39 is 0 Å². The summed E-state index contributed by atoms with van der Waals surface area (Å²) >= 11 is 0. The van der Waals surface area contributed by atoms with Gasteiger partial charge in [0.25, 0.3) is 0 Å². The van der Waals surface area contributed by atoms with E-state index in [1.54, 1.807) is 24.3 Å². The van der Waals surface area contributed by atoms with Gasteiger partial charge in [0, 0.05) is 0 Å². The maximum atomic E-state index is 3.97. The number of hydrogen-bond donors (Lipinski definition) is 0. The molecule has 0 saturated heterocycles. The van der Waals surface area contributed by atoms with Crippen LogP contribution < -0.4 is 0 Å². The first-order chi connectivity index (χ1) is 6.83. The molecule has 2 nitrogen and oxygen atoms in total. The maximum absolute atomic E-state index is 3.97. The van der Waals surface area contributed by atoms with E-state index in [9.17, 15) is 0 Å². The van der Waals surface area contributed by atoms with Crippen molar-refractivity contribution >= 4 is 10.1 Å². The molecule has 0 aliphatic carbocycles. The third-order valence-electron chi connectivity index (χ3n) is 1.03. The summed E-state index contributed by atoms with van der Waals surface area (Å²) in [5.41, 5.74) is 0. The fraction of sp³-hybridized carbons (Fsp3) is 0.333. The topological polar surface area (TPSA) is 28.2 Å². The van der Waals surface area contributed by atoms with Crippen LogP contribution in [0.4, 0.5) is 0 Å². The summed E-state index contributed by atoms with van der Waals surface area (Å²) in [6.45, 7) is 17.0. The summed E-state index contributed by atoms with van der Waals surface area (Å²) in [7, 11) is 0. The second kappa shape index (κ2) is 23.1. The van der Waals surface area contributed by atoms with Gasteiger partial charge in [-0.15, -0.1) is 76.8 Å². The van der Waals surface area contributed by atoms with Gasteiger partial charge < -0.3 is 10.6 Å². The van der Waals surface area contributed by atoms with Crippen LogP contribution in [0.1, 0.15) is 0 Å². The van der Waals surface area contributed by atoms with Gasteiger partial charge in [0.1, 0.15) is 0 Å². The van der Waals surface area contributed by atoms with E-state index in [0.29, 0.717) is 0 Å².